The Morgan fingerprint density at radius 2 is 2.08 bits per heavy atom. The minimum atomic E-state index is 0.0197. The molecule has 0 aliphatic carbocycles. The Labute approximate surface area is 161 Å². The number of halogens is 1. The van der Waals surface area contributed by atoms with E-state index in [0.29, 0.717) is 5.02 Å². The molecule has 0 bridgehead atoms. The van der Waals surface area contributed by atoms with Crippen LogP contribution in [0.25, 0.3) is 10.1 Å². The van der Waals surface area contributed by atoms with Gasteiger partial charge < -0.3 is 10.2 Å². The summed E-state index contributed by atoms with van der Waals surface area (Å²) in [5.41, 5.74) is 1.71. The van der Waals surface area contributed by atoms with E-state index < -0.39 is 0 Å². The Morgan fingerprint density at radius 3 is 2.88 bits per heavy atom. The van der Waals surface area contributed by atoms with E-state index in [1.807, 2.05) is 31.3 Å². The first-order chi connectivity index (χ1) is 12.6. The summed E-state index contributed by atoms with van der Waals surface area (Å²) in [5.74, 6) is 1.14. The maximum Gasteiger partial charge on any atom is 0.227 e. The van der Waals surface area contributed by atoms with Crippen LogP contribution in [0.5, 0.6) is 0 Å². The summed E-state index contributed by atoms with van der Waals surface area (Å²) >= 11 is 7.88. The number of pyridine rings is 1. The van der Waals surface area contributed by atoms with E-state index in [9.17, 15) is 4.79 Å². The Morgan fingerprint density at radius 1 is 1.27 bits per heavy atom. The van der Waals surface area contributed by atoms with Crippen LogP contribution in [0, 0.1) is 12.8 Å². The van der Waals surface area contributed by atoms with E-state index in [-0.39, 0.29) is 11.8 Å². The molecule has 0 spiro atoms. The molecule has 1 saturated heterocycles. The van der Waals surface area contributed by atoms with Crippen LogP contribution in [0.2, 0.25) is 5.02 Å². The van der Waals surface area contributed by atoms with Gasteiger partial charge in [0.1, 0.15) is 5.82 Å². The van der Waals surface area contributed by atoms with Crippen molar-refractivity contribution in [1.29, 1.82) is 0 Å². The van der Waals surface area contributed by atoms with Crippen molar-refractivity contribution < 1.29 is 4.79 Å². The van der Waals surface area contributed by atoms with Crippen molar-refractivity contribution >= 4 is 50.4 Å². The first-order valence-corrected chi connectivity index (χ1v) is 10.0. The minimum absolute atomic E-state index is 0.0197. The SMILES string of the molecule is Cc1c(Cl)cccc1NC(=O)C1CCN(c2nccc3sccc23)CC1. The van der Waals surface area contributed by atoms with Gasteiger partial charge >= 0.3 is 0 Å². The molecule has 0 radical (unpaired) electrons. The Kier molecular flexibility index (Phi) is 4.83. The van der Waals surface area contributed by atoms with Crippen LogP contribution in [0.1, 0.15) is 18.4 Å². The molecule has 1 aliphatic heterocycles. The molecule has 1 aliphatic rings. The topological polar surface area (TPSA) is 45.2 Å². The minimum Gasteiger partial charge on any atom is -0.356 e. The number of benzene rings is 1. The first-order valence-electron chi connectivity index (χ1n) is 8.76. The van der Waals surface area contributed by atoms with Gasteiger partial charge in [0.2, 0.25) is 5.91 Å². The normalized spacial score (nSPS) is 15.4. The van der Waals surface area contributed by atoms with Crippen molar-refractivity contribution in [1.82, 2.24) is 4.98 Å². The number of amides is 1. The van der Waals surface area contributed by atoms with Gasteiger partial charge in [0.25, 0.3) is 0 Å². The highest BCUT2D eigenvalue weighted by Gasteiger charge is 2.26. The molecule has 3 aromatic rings. The summed E-state index contributed by atoms with van der Waals surface area (Å²) in [5, 5.41) is 7.02. The summed E-state index contributed by atoms with van der Waals surface area (Å²) in [6.45, 7) is 3.61. The third-order valence-corrected chi connectivity index (χ3v) is 6.34. The van der Waals surface area contributed by atoms with E-state index >= 15 is 0 Å². The number of carbonyl (C=O) groups is 1. The first kappa shape index (κ1) is 17.3. The van der Waals surface area contributed by atoms with Gasteiger partial charge in [-0.2, -0.15) is 0 Å². The number of anilines is 2. The van der Waals surface area contributed by atoms with Gasteiger partial charge in [0, 0.05) is 46.0 Å². The molecule has 1 aromatic carbocycles. The van der Waals surface area contributed by atoms with Crippen LogP contribution in [-0.4, -0.2) is 24.0 Å². The number of nitrogens with one attached hydrogen (secondary N) is 1. The molecule has 134 valence electrons. The zero-order valence-electron chi connectivity index (χ0n) is 14.5. The molecule has 1 fully saturated rings. The molecule has 1 amide bonds. The second-order valence-corrected chi connectivity index (χ2v) is 7.98. The predicted molar refractivity (Wildman–Crippen MR) is 109 cm³/mol. The molecule has 0 unspecified atom stereocenters. The molecule has 2 aromatic heterocycles. The number of hydrogen-bond acceptors (Lipinski definition) is 4. The van der Waals surface area contributed by atoms with Gasteiger partial charge in [-0.15, -0.1) is 11.3 Å². The van der Waals surface area contributed by atoms with Crippen LogP contribution in [0.4, 0.5) is 11.5 Å². The molecule has 0 saturated carbocycles. The lowest BCUT2D eigenvalue weighted by Crippen LogP contribution is -2.38. The van der Waals surface area contributed by atoms with Crippen molar-refractivity contribution in [3.8, 4) is 0 Å². The highest BCUT2D eigenvalue weighted by Crippen LogP contribution is 2.31. The second-order valence-electron chi connectivity index (χ2n) is 6.63. The molecule has 0 atom stereocenters. The van der Waals surface area contributed by atoms with Gasteiger partial charge in [-0.05, 0) is 55.0 Å². The van der Waals surface area contributed by atoms with Crippen molar-refractivity contribution in [2.24, 2.45) is 5.92 Å². The smallest absolute Gasteiger partial charge is 0.227 e. The van der Waals surface area contributed by atoms with E-state index in [0.717, 1.165) is 43.0 Å². The average Bonchev–Trinajstić information content (AvgIpc) is 3.14. The second kappa shape index (κ2) is 7.25. The summed E-state index contributed by atoms with van der Waals surface area (Å²) in [6.07, 6.45) is 3.52. The summed E-state index contributed by atoms with van der Waals surface area (Å²) in [4.78, 5) is 19.5. The zero-order valence-corrected chi connectivity index (χ0v) is 16.1. The maximum absolute atomic E-state index is 12.7. The summed E-state index contributed by atoms with van der Waals surface area (Å²) < 4.78 is 1.26. The lowest BCUT2D eigenvalue weighted by atomic mass is 9.95. The molecule has 1 N–H and O–H groups in total. The van der Waals surface area contributed by atoms with Crippen molar-refractivity contribution in [2.75, 3.05) is 23.3 Å². The number of hydrogen-bond donors (Lipinski definition) is 1. The number of nitrogens with zero attached hydrogens (tertiary/aromatic N) is 2. The van der Waals surface area contributed by atoms with Crippen LogP contribution in [0.15, 0.2) is 41.9 Å². The number of carbonyl (C=O) groups excluding carboxylic acids is 1. The number of rotatable bonds is 3. The van der Waals surface area contributed by atoms with Crippen LogP contribution >= 0.6 is 22.9 Å². The zero-order chi connectivity index (χ0) is 18.1. The number of fused-ring (bicyclic) bond motifs is 1. The molecule has 4 rings (SSSR count). The fourth-order valence-electron chi connectivity index (χ4n) is 3.46. The van der Waals surface area contributed by atoms with Crippen molar-refractivity contribution in [3.63, 3.8) is 0 Å². The molecular weight excluding hydrogens is 366 g/mol. The highest BCUT2D eigenvalue weighted by molar-refractivity contribution is 7.17. The van der Waals surface area contributed by atoms with Gasteiger partial charge in [-0.3, -0.25) is 4.79 Å². The molecular formula is C20H20ClN3OS. The van der Waals surface area contributed by atoms with Gasteiger partial charge in [-0.1, -0.05) is 17.7 Å². The number of thiophene rings is 1. The van der Waals surface area contributed by atoms with E-state index in [1.165, 1.54) is 10.1 Å². The van der Waals surface area contributed by atoms with Gasteiger partial charge in [-0.25, -0.2) is 4.98 Å². The predicted octanol–water partition coefficient (Wildman–Crippen LogP) is 5.11. The average molecular weight is 386 g/mol. The number of aromatic nitrogens is 1. The van der Waals surface area contributed by atoms with E-state index in [1.54, 1.807) is 11.3 Å². The third-order valence-electron chi connectivity index (χ3n) is 5.05. The molecule has 26 heavy (non-hydrogen) atoms. The van der Waals surface area contributed by atoms with Crippen LogP contribution < -0.4 is 10.2 Å². The van der Waals surface area contributed by atoms with E-state index in [2.05, 4.69) is 32.7 Å². The Bertz CT molecular complexity index is 947. The lowest BCUT2D eigenvalue weighted by Gasteiger charge is -2.32. The van der Waals surface area contributed by atoms with Crippen LogP contribution in [-0.2, 0) is 4.79 Å². The third kappa shape index (κ3) is 3.29. The fraction of sp³-hybridized carbons (Fsp3) is 0.300. The standard InChI is InChI=1S/C20H20ClN3OS/c1-13-16(21)3-2-4-17(13)23-20(25)14-6-10-24(11-7-14)19-15-8-12-26-18(15)5-9-22-19/h2-5,8-9,12,14H,6-7,10-11H2,1H3,(H,23,25). The van der Waals surface area contributed by atoms with Crippen molar-refractivity contribution in [3.05, 3.63) is 52.5 Å². The Hall–Kier alpha value is -2.11. The molecule has 6 heteroatoms. The molecule has 3 heterocycles. The highest BCUT2D eigenvalue weighted by atomic mass is 35.5. The molecule has 4 nitrogen and oxygen atoms in total. The lowest BCUT2D eigenvalue weighted by molar-refractivity contribution is -0.120. The van der Waals surface area contributed by atoms with Gasteiger partial charge in [0.05, 0.1) is 0 Å². The summed E-state index contributed by atoms with van der Waals surface area (Å²) in [6, 6.07) is 9.78. The number of piperidine rings is 1. The van der Waals surface area contributed by atoms with E-state index in [4.69, 9.17) is 11.6 Å². The Balaban J connectivity index is 1.42. The monoisotopic (exact) mass is 385 g/mol. The van der Waals surface area contributed by atoms with Gasteiger partial charge in [0.15, 0.2) is 0 Å². The van der Waals surface area contributed by atoms with Crippen LogP contribution in [0.3, 0.4) is 0 Å². The van der Waals surface area contributed by atoms with Crippen molar-refractivity contribution in [2.45, 2.75) is 19.8 Å². The summed E-state index contributed by atoms with van der Waals surface area (Å²) in [7, 11) is 0. The largest absolute Gasteiger partial charge is 0.356 e. The fourth-order valence-corrected chi connectivity index (χ4v) is 4.41. The quantitative estimate of drug-likeness (QED) is 0.681. The maximum atomic E-state index is 12.7.